The van der Waals surface area contributed by atoms with Crippen LogP contribution in [-0.4, -0.2) is 77.5 Å². The van der Waals surface area contributed by atoms with Gasteiger partial charge in [-0.3, -0.25) is 4.57 Å². The van der Waals surface area contributed by atoms with E-state index in [0.29, 0.717) is 13.0 Å². The smallest absolute Gasteiger partial charge is 0.251 e. The largest absolute Gasteiger partial charge is 0.376 e. The highest BCUT2D eigenvalue weighted by molar-refractivity contribution is 7.59. The molecular formula is C16H31NO7P2. The SMILES string of the molecule is [2H]C[C@@]1(CCP(C)(=O)OCC)OCC(OC)[C@H]1OP(=C)(OC)OCC[N+]#[C-]. The van der Waals surface area contributed by atoms with Gasteiger partial charge >= 0.3 is 0 Å². The monoisotopic (exact) mass is 412 g/mol. The second-order valence-electron chi connectivity index (χ2n) is 6.09. The summed E-state index contributed by atoms with van der Waals surface area (Å²) in [7, 11) is -2.83. The minimum absolute atomic E-state index is 0.116. The molecule has 0 aromatic rings. The van der Waals surface area contributed by atoms with Crippen LogP contribution in [0.3, 0.4) is 0 Å². The summed E-state index contributed by atoms with van der Waals surface area (Å²) in [4.78, 5) is 3.23. The van der Waals surface area contributed by atoms with Gasteiger partial charge in [-0.05, 0) is 26.5 Å². The summed E-state index contributed by atoms with van der Waals surface area (Å²) in [5.41, 5.74) is -1.03. The Morgan fingerprint density at radius 2 is 2.19 bits per heavy atom. The van der Waals surface area contributed by atoms with Crippen molar-refractivity contribution < 1.29 is 33.5 Å². The fourth-order valence-corrected chi connectivity index (χ4v) is 5.33. The zero-order valence-electron chi connectivity index (χ0n) is 17.0. The van der Waals surface area contributed by atoms with Gasteiger partial charge in [-0.1, -0.05) is 0 Å². The Labute approximate surface area is 158 Å². The summed E-state index contributed by atoms with van der Waals surface area (Å²) in [6, 6.07) is 0. The minimum Gasteiger partial charge on any atom is -0.376 e. The van der Waals surface area contributed by atoms with Crippen LogP contribution in [0.15, 0.2) is 0 Å². The maximum absolute atomic E-state index is 12.5. The first kappa shape index (κ1) is 22.1. The van der Waals surface area contributed by atoms with Crippen LogP contribution in [0.1, 0.15) is 21.6 Å². The van der Waals surface area contributed by atoms with Gasteiger partial charge in [0.1, 0.15) is 18.8 Å². The maximum atomic E-state index is 12.5. The summed E-state index contributed by atoms with van der Waals surface area (Å²) in [6.45, 7) is 11.0. The molecule has 0 radical (unpaired) electrons. The molecule has 5 atom stereocenters. The van der Waals surface area contributed by atoms with Crippen molar-refractivity contribution in [1.82, 2.24) is 0 Å². The number of hydrogen-bond donors (Lipinski definition) is 0. The van der Waals surface area contributed by atoms with Gasteiger partial charge in [-0.15, -0.1) is 0 Å². The van der Waals surface area contributed by atoms with E-state index in [-0.39, 0.29) is 32.8 Å². The number of nitrogens with zero attached hydrogens (tertiary/aromatic N) is 1. The Morgan fingerprint density at radius 1 is 1.46 bits per heavy atom. The van der Waals surface area contributed by atoms with Gasteiger partial charge in [0.15, 0.2) is 7.37 Å². The zero-order chi connectivity index (χ0) is 20.6. The lowest BCUT2D eigenvalue weighted by atomic mass is 9.95. The van der Waals surface area contributed by atoms with E-state index in [4.69, 9.17) is 35.5 Å². The minimum atomic E-state index is -2.99. The lowest BCUT2D eigenvalue weighted by Crippen LogP contribution is -2.43. The first-order valence-electron chi connectivity index (χ1n) is 9.04. The van der Waals surface area contributed by atoms with Crippen molar-refractivity contribution in [3.63, 3.8) is 0 Å². The Bertz CT molecular complexity index is 600. The van der Waals surface area contributed by atoms with Crippen molar-refractivity contribution in [1.29, 1.82) is 0 Å². The summed E-state index contributed by atoms with van der Waals surface area (Å²) in [6.07, 6.45) is 3.36. The van der Waals surface area contributed by atoms with E-state index < -0.39 is 32.7 Å². The third kappa shape index (κ3) is 6.74. The first-order valence-corrected chi connectivity index (χ1v) is 12.3. The van der Waals surface area contributed by atoms with Crippen LogP contribution < -0.4 is 0 Å². The van der Waals surface area contributed by atoms with Crippen LogP contribution in [0, 0.1) is 6.57 Å². The van der Waals surface area contributed by atoms with Gasteiger partial charge in [0.05, 0.1) is 18.8 Å². The van der Waals surface area contributed by atoms with E-state index in [1.54, 1.807) is 13.6 Å². The van der Waals surface area contributed by atoms with Crippen LogP contribution in [0.4, 0.5) is 0 Å². The lowest BCUT2D eigenvalue weighted by Gasteiger charge is -2.36. The van der Waals surface area contributed by atoms with Crippen molar-refractivity contribution in [3.05, 3.63) is 11.4 Å². The molecule has 0 aliphatic carbocycles. The molecule has 0 bridgehead atoms. The highest BCUT2D eigenvalue weighted by Crippen LogP contribution is 2.54. The molecule has 8 nitrogen and oxygen atoms in total. The summed E-state index contributed by atoms with van der Waals surface area (Å²) >= 11 is 0. The molecule has 10 heteroatoms. The molecule has 0 saturated carbocycles. The molecule has 1 aliphatic rings. The average molecular weight is 412 g/mol. The topological polar surface area (TPSA) is 76.8 Å². The Kier molecular flexibility index (Phi) is 8.79. The van der Waals surface area contributed by atoms with Gasteiger partial charge in [0.25, 0.3) is 7.57 Å². The molecule has 3 unspecified atom stereocenters. The number of rotatable bonds is 12. The van der Waals surface area contributed by atoms with Gasteiger partial charge < -0.3 is 32.4 Å². The third-order valence-corrected chi connectivity index (χ3v) is 7.60. The summed E-state index contributed by atoms with van der Waals surface area (Å²) in [5.74, 6) is 0. The molecule has 1 aliphatic heterocycles. The van der Waals surface area contributed by atoms with E-state index in [2.05, 4.69) is 11.1 Å². The second kappa shape index (κ2) is 10.4. The van der Waals surface area contributed by atoms with E-state index in [9.17, 15) is 4.57 Å². The normalized spacial score (nSPS) is 31.0. The van der Waals surface area contributed by atoms with Crippen molar-refractivity contribution in [3.8, 4) is 0 Å². The van der Waals surface area contributed by atoms with Gasteiger partial charge in [-0.25, -0.2) is 6.57 Å². The molecule has 1 fully saturated rings. The number of methoxy groups -OCH3 is 1. The fourth-order valence-electron chi connectivity index (χ4n) is 2.58. The molecule has 152 valence electrons. The van der Waals surface area contributed by atoms with Gasteiger partial charge in [0.2, 0.25) is 6.54 Å². The Morgan fingerprint density at radius 3 is 2.73 bits per heavy atom. The summed E-state index contributed by atoms with van der Waals surface area (Å²) < 4.78 is 54.3. The lowest BCUT2D eigenvalue weighted by molar-refractivity contribution is -0.0514. The van der Waals surface area contributed by atoms with E-state index in [1.165, 1.54) is 14.2 Å². The van der Waals surface area contributed by atoms with E-state index in [1.807, 2.05) is 0 Å². The van der Waals surface area contributed by atoms with Gasteiger partial charge in [0, 0.05) is 28.4 Å². The van der Waals surface area contributed by atoms with Crippen molar-refractivity contribution in [2.45, 2.75) is 38.1 Å². The molecule has 26 heavy (non-hydrogen) atoms. The summed E-state index contributed by atoms with van der Waals surface area (Å²) in [5, 5.41) is 0. The van der Waals surface area contributed by atoms with Crippen molar-refractivity contribution in [2.24, 2.45) is 0 Å². The van der Waals surface area contributed by atoms with Crippen LogP contribution in [0.25, 0.3) is 4.85 Å². The number of hydrogen-bond acceptors (Lipinski definition) is 7. The van der Waals surface area contributed by atoms with Crippen LogP contribution in [0.2, 0.25) is 0 Å². The third-order valence-electron chi connectivity index (χ3n) is 4.08. The first-order chi connectivity index (χ1) is 12.7. The molecule has 1 saturated heterocycles. The van der Waals surface area contributed by atoms with Crippen molar-refractivity contribution in [2.75, 3.05) is 53.4 Å². The fraction of sp³-hybridized carbons (Fsp3) is 0.875. The predicted molar refractivity (Wildman–Crippen MR) is 103 cm³/mol. The van der Waals surface area contributed by atoms with Gasteiger partial charge in [-0.2, -0.15) is 0 Å². The second-order valence-corrected chi connectivity index (χ2v) is 10.9. The predicted octanol–water partition coefficient (Wildman–Crippen LogP) is 3.29. The quantitative estimate of drug-likeness (QED) is 0.277. The molecule has 0 aromatic carbocycles. The Hall–Kier alpha value is -0.220. The standard InChI is InChI=1S/C16H31NO7P2/c1-8-22-25(6,18)12-9-16(2)15(14(19-4)13-21-16)24-26(7,20-5)23-11-10-17-3/h14-15H,7-13H2,1-2,4-6H3/t14?,15-,16+,25?,26?/m1/s1/i2D. The van der Waals surface area contributed by atoms with E-state index >= 15 is 0 Å². The molecule has 0 amide bonds. The molecule has 0 spiro atoms. The highest BCUT2D eigenvalue weighted by atomic mass is 31.2. The molecule has 0 aromatic heterocycles. The Balaban J connectivity index is 3.00. The zero-order valence-corrected chi connectivity index (χ0v) is 17.8. The molecule has 1 rings (SSSR count). The highest BCUT2D eigenvalue weighted by Gasteiger charge is 2.50. The number of ether oxygens (including phenoxy) is 2. The van der Waals surface area contributed by atoms with Crippen LogP contribution in [-0.2, 0) is 32.1 Å². The molecular weight excluding hydrogens is 380 g/mol. The van der Waals surface area contributed by atoms with Crippen molar-refractivity contribution >= 4 is 21.2 Å². The van der Waals surface area contributed by atoms with Crippen LogP contribution >= 0.6 is 14.9 Å². The average Bonchev–Trinajstić information content (AvgIpc) is 2.98. The van der Waals surface area contributed by atoms with Crippen LogP contribution in [0.5, 0.6) is 0 Å². The van der Waals surface area contributed by atoms with E-state index in [0.717, 1.165) is 0 Å². The molecule has 1 heterocycles. The molecule has 0 N–H and O–H groups in total. The maximum Gasteiger partial charge on any atom is 0.251 e.